The van der Waals surface area contributed by atoms with Gasteiger partial charge in [0.1, 0.15) is 6.04 Å². The SMILES string of the molecule is O=C1c2ccccc2C(=O)N1C1C#CCCCCC1. The van der Waals surface area contributed by atoms with E-state index in [-0.39, 0.29) is 17.9 Å². The van der Waals surface area contributed by atoms with Crippen molar-refractivity contribution < 1.29 is 9.59 Å². The van der Waals surface area contributed by atoms with Gasteiger partial charge in [0, 0.05) is 6.42 Å². The number of carbonyl (C=O) groups excluding carboxylic acids is 2. The normalized spacial score (nSPS) is 22.3. The number of benzene rings is 1. The smallest absolute Gasteiger partial charge is 0.262 e. The Morgan fingerprint density at radius 1 is 1.00 bits per heavy atom. The molecule has 2 amide bonds. The molecule has 0 radical (unpaired) electrons. The van der Waals surface area contributed by atoms with Gasteiger partial charge in [-0.3, -0.25) is 14.5 Å². The maximum atomic E-state index is 12.3. The molecule has 3 nitrogen and oxygen atoms in total. The molecule has 1 aromatic rings. The predicted octanol–water partition coefficient (Wildman–Crippen LogP) is 2.62. The van der Waals surface area contributed by atoms with Crippen LogP contribution in [0.25, 0.3) is 0 Å². The number of carbonyl (C=O) groups is 2. The molecule has 0 fully saturated rings. The number of amides is 2. The summed E-state index contributed by atoms with van der Waals surface area (Å²) in [6, 6.07) is 6.75. The van der Waals surface area contributed by atoms with E-state index in [4.69, 9.17) is 0 Å². The lowest BCUT2D eigenvalue weighted by molar-refractivity contribution is 0.0613. The van der Waals surface area contributed by atoms with Gasteiger partial charge in [0.25, 0.3) is 11.8 Å². The summed E-state index contributed by atoms with van der Waals surface area (Å²) < 4.78 is 0. The van der Waals surface area contributed by atoms with E-state index in [0.29, 0.717) is 11.1 Å². The lowest BCUT2D eigenvalue weighted by Crippen LogP contribution is -2.39. The summed E-state index contributed by atoms with van der Waals surface area (Å²) in [5, 5.41) is 0. The summed E-state index contributed by atoms with van der Waals surface area (Å²) in [7, 11) is 0. The largest absolute Gasteiger partial charge is 0.269 e. The van der Waals surface area contributed by atoms with E-state index in [0.717, 1.165) is 32.1 Å². The Morgan fingerprint density at radius 2 is 1.68 bits per heavy atom. The molecular weight excluding hydrogens is 238 g/mol. The van der Waals surface area contributed by atoms with E-state index >= 15 is 0 Å². The van der Waals surface area contributed by atoms with Crippen LogP contribution in [0.15, 0.2) is 24.3 Å². The molecule has 3 heteroatoms. The van der Waals surface area contributed by atoms with E-state index < -0.39 is 0 Å². The summed E-state index contributed by atoms with van der Waals surface area (Å²) in [5.74, 6) is 5.79. The molecule has 19 heavy (non-hydrogen) atoms. The highest BCUT2D eigenvalue weighted by Crippen LogP contribution is 2.26. The summed E-state index contributed by atoms with van der Waals surface area (Å²) >= 11 is 0. The molecule has 1 unspecified atom stereocenters. The van der Waals surface area contributed by atoms with Crippen LogP contribution in [0.4, 0.5) is 0 Å². The first-order valence-electron chi connectivity index (χ1n) is 6.74. The van der Waals surface area contributed by atoms with E-state index in [9.17, 15) is 9.59 Å². The van der Waals surface area contributed by atoms with Crippen LogP contribution in [-0.4, -0.2) is 22.8 Å². The average molecular weight is 253 g/mol. The number of hydrogen-bond donors (Lipinski definition) is 0. The van der Waals surface area contributed by atoms with Crippen LogP contribution in [0.5, 0.6) is 0 Å². The fraction of sp³-hybridized carbons (Fsp3) is 0.375. The van der Waals surface area contributed by atoms with Gasteiger partial charge < -0.3 is 0 Å². The van der Waals surface area contributed by atoms with Gasteiger partial charge in [-0.15, -0.1) is 5.92 Å². The van der Waals surface area contributed by atoms with E-state index in [2.05, 4.69) is 11.8 Å². The number of imide groups is 1. The highest BCUT2D eigenvalue weighted by molar-refractivity contribution is 6.21. The van der Waals surface area contributed by atoms with Crippen LogP contribution in [0.1, 0.15) is 52.8 Å². The standard InChI is InChI=1S/C16H15NO2/c18-15-13-10-6-7-11-14(13)16(19)17(15)12-8-4-2-1-3-5-9-12/h6-7,10-12H,1-4,8H2. The molecule has 1 atom stereocenters. The van der Waals surface area contributed by atoms with Crippen molar-refractivity contribution in [1.29, 1.82) is 0 Å². The van der Waals surface area contributed by atoms with Gasteiger partial charge in [0.15, 0.2) is 0 Å². The van der Waals surface area contributed by atoms with Gasteiger partial charge >= 0.3 is 0 Å². The molecule has 0 aromatic heterocycles. The third-order valence-electron chi connectivity index (χ3n) is 3.69. The van der Waals surface area contributed by atoms with Crippen molar-refractivity contribution in [3.63, 3.8) is 0 Å². The summed E-state index contributed by atoms with van der Waals surface area (Å²) in [4.78, 5) is 26.0. The van der Waals surface area contributed by atoms with Crippen molar-refractivity contribution in [2.45, 2.75) is 38.1 Å². The molecule has 0 saturated carbocycles. The van der Waals surface area contributed by atoms with Gasteiger partial charge in [-0.2, -0.15) is 0 Å². The lowest BCUT2D eigenvalue weighted by atomic mass is 10.0. The zero-order chi connectivity index (χ0) is 13.2. The second-order valence-corrected chi connectivity index (χ2v) is 4.96. The first-order chi connectivity index (χ1) is 9.29. The van der Waals surface area contributed by atoms with Gasteiger partial charge in [-0.05, 0) is 25.0 Å². The molecule has 1 heterocycles. The number of rotatable bonds is 1. The van der Waals surface area contributed by atoms with Crippen LogP contribution in [-0.2, 0) is 0 Å². The Bertz CT molecular complexity index is 559. The third kappa shape index (κ3) is 2.04. The molecule has 3 rings (SSSR count). The lowest BCUT2D eigenvalue weighted by Gasteiger charge is -2.22. The van der Waals surface area contributed by atoms with Crippen LogP contribution >= 0.6 is 0 Å². The molecule has 1 aliphatic heterocycles. The summed E-state index contributed by atoms with van der Waals surface area (Å²) in [5.41, 5.74) is 1.02. The second kappa shape index (κ2) is 4.89. The fourth-order valence-corrected chi connectivity index (χ4v) is 2.67. The molecule has 0 N–H and O–H groups in total. The maximum Gasteiger partial charge on any atom is 0.262 e. The fourth-order valence-electron chi connectivity index (χ4n) is 2.67. The number of nitrogens with zero attached hydrogens (tertiary/aromatic N) is 1. The summed E-state index contributed by atoms with van der Waals surface area (Å²) in [6.07, 6.45) is 4.90. The first kappa shape index (κ1) is 12.0. The molecule has 0 bridgehead atoms. The second-order valence-electron chi connectivity index (χ2n) is 4.96. The Kier molecular flexibility index (Phi) is 3.08. The highest BCUT2D eigenvalue weighted by atomic mass is 16.2. The van der Waals surface area contributed by atoms with Crippen molar-refractivity contribution in [3.05, 3.63) is 35.4 Å². The number of fused-ring (bicyclic) bond motifs is 1. The molecule has 1 aliphatic carbocycles. The third-order valence-corrected chi connectivity index (χ3v) is 3.69. The Balaban J connectivity index is 1.94. The molecule has 2 aliphatic rings. The minimum absolute atomic E-state index is 0.194. The minimum atomic E-state index is -0.257. The van der Waals surface area contributed by atoms with Gasteiger partial charge in [-0.1, -0.05) is 30.9 Å². The van der Waals surface area contributed by atoms with E-state index in [1.54, 1.807) is 24.3 Å². The zero-order valence-electron chi connectivity index (χ0n) is 10.7. The van der Waals surface area contributed by atoms with Gasteiger partial charge in [0.05, 0.1) is 11.1 Å². The molecular formula is C16H15NO2. The highest BCUT2D eigenvalue weighted by Gasteiger charge is 2.38. The topological polar surface area (TPSA) is 37.4 Å². The predicted molar refractivity (Wildman–Crippen MR) is 71.6 cm³/mol. The van der Waals surface area contributed by atoms with Crippen molar-refractivity contribution in [1.82, 2.24) is 4.90 Å². The Hall–Kier alpha value is -2.08. The van der Waals surface area contributed by atoms with E-state index in [1.807, 2.05) is 0 Å². The Morgan fingerprint density at radius 3 is 2.37 bits per heavy atom. The Labute approximate surface area is 112 Å². The molecule has 0 saturated heterocycles. The van der Waals surface area contributed by atoms with Gasteiger partial charge in [-0.25, -0.2) is 0 Å². The zero-order valence-corrected chi connectivity index (χ0v) is 10.7. The van der Waals surface area contributed by atoms with E-state index in [1.165, 1.54) is 4.90 Å². The van der Waals surface area contributed by atoms with Crippen molar-refractivity contribution in [3.8, 4) is 11.8 Å². The van der Waals surface area contributed by atoms with Crippen molar-refractivity contribution in [2.24, 2.45) is 0 Å². The maximum absolute atomic E-state index is 12.3. The van der Waals surface area contributed by atoms with Crippen LogP contribution in [0.2, 0.25) is 0 Å². The monoisotopic (exact) mass is 253 g/mol. The quantitative estimate of drug-likeness (QED) is 0.570. The number of hydrogen-bond acceptors (Lipinski definition) is 2. The summed E-state index contributed by atoms with van der Waals surface area (Å²) in [6.45, 7) is 0. The first-order valence-corrected chi connectivity index (χ1v) is 6.74. The minimum Gasteiger partial charge on any atom is -0.269 e. The van der Waals surface area contributed by atoms with Crippen LogP contribution < -0.4 is 0 Å². The van der Waals surface area contributed by atoms with Crippen LogP contribution in [0.3, 0.4) is 0 Å². The van der Waals surface area contributed by atoms with Crippen molar-refractivity contribution in [2.75, 3.05) is 0 Å². The average Bonchev–Trinajstić information content (AvgIpc) is 2.64. The van der Waals surface area contributed by atoms with Gasteiger partial charge in [0.2, 0.25) is 0 Å². The molecule has 96 valence electrons. The molecule has 1 aromatic carbocycles. The van der Waals surface area contributed by atoms with Crippen molar-refractivity contribution >= 4 is 11.8 Å². The molecule has 0 spiro atoms. The van der Waals surface area contributed by atoms with Crippen LogP contribution in [0, 0.1) is 11.8 Å².